The lowest BCUT2D eigenvalue weighted by molar-refractivity contribution is 0.140. The molecule has 26 heavy (non-hydrogen) atoms. The summed E-state index contributed by atoms with van der Waals surface area (Å²) in [6.45, 7) is 6.34. The van der Waals surface area contributed by atoms with Gasteiger partial charge >= 0.3 is 7.60 Å². The van der Waals surface area contributed by atoms with E-state index in [1.54, 1.807) is 19.9 Å². The number of unbranched alkanes of at least 4 members (excludes halogenated alkanes) is 4. The number of aliphatic hydroxyl groups excluding tert-OH is 1. The maximum absolute atomic E-state index is 13.3. The predicted octanol–water partition coefficient (Wildman–Crippen LogP) is 6.06. The largest absolute Gasteiger partial charge is 0.392 e. The summed E-state index contributed by atoms with van der Waals surface area (Å²) in [5.74, 6) is 0. The highest BCUT2D eigenvalue weighted by Gasteiger charge is 2.38. The first kappa shape index (κ1) is 23.1. The van der Waals surface area contributed by atoms with Crippen LogP contribution in [0.1, 0.15) is 64.9 Å². The Balaban J connectivity index is 2.89. The fourth-order valence-electron chi connectivity index (χ4n) is 2.92. The summed E-state index contributed by atoms with van der Waals surface area (Å²) in [5, 5.41) is 10.7. The standard InChI is InChI=1S/C21H35O4P/c1-4-7-8-9-13-16-20(22)21(26(23,24-5-2)25-6-3)18-17-19-14-11-10-12-15-19/h10-12,14-15,17-18,20-22H,4-9,13,16H2,1-3H3/b18-17+/t20-,21-/m0/s1. The molecule has 1 aromatic rings. The van der Waals surface area contributed by atoms with Gasteiger partial charge in [0.05, 0.1) is 19.3 Å². The van der Waals surface area contributed by atoms with Gasteiger partial charge in [-0.3, -0.25) is 4.57 Å². The molecule has 0 saturated heterocycles. The van der Waals surface area contributed by atoms with Gasteiger partial charge in [0.2, 0.25) is 0 Å². The summed E-state index contributed by atoms with van der Waals surface area (Å²) in [6.07, 6.45) is 9.08. The molecule has 0 aliphatic heterocycles. The Labute approximate surface area is 159 Å². The number of aliphatic hydroxyl groups is 1. The first-order chi connectivity index (χ1) is 12.6. The molecule has 0 fully saturated rings. The van der Waals surface area contributed by atoms with E-state index in [9.17, 15) is 9.67 Å². The Morgan fingerprint density at radius 3 is 2.19 bits per heavy atom. The molecule has 0 bridgehead atoms. The minimum Gasteiger partial charge on any atom is -0.392 e. The number of hydrogen-bond donors (Lipinski definition) is 1. The molecule has 1 aromatic carbocycles. The molecule has 0 saturated carbocycles. The number of hydrogen-bond acceptors (Lipinski definition) is 4. The van der Waals surface area contributed by atoms with Crippen LogP contribution in [0.4, 0.5) is 0 Å². The van der Waals surface area contributed by atoms with Gasteiger partial charge < -0.3 is 14.2 Å². The lowest BCUT2D eigenvalue weighted by Gasteiger charge is -2.28. The highest BCUT2D eigenvalue weighted by Crippen LogP contribution is 2.55. The van der Waals surface area contributed by atoms with Crippen molar-refractivity contribution in [2.75, 3.05) is 13.2 Å². The van der Waals surface area contributed by atoms with Crippen molar-refractivity contribution in [3.63, 3.8) is 0 Å². The Morgan fingerprint density at radius 2 is 1.62 bits per heavy atom. The zero-order valence-corrected chi connectivity index (χ0v) is 17.4. The van der Waals surface area contributed by atoms with Crippen molar-refractivity contribution in [2.24, 2.45) is 0 Å². The predicted molar refractivity (Wildman–Crippen MR) is 110 cm³/mol. The molecule has 2 atom stereocenters. The Morgan fingerprint density at radius 1 is 1.00 bits per heavy atom. The fraction of sp³-hybridized carbons (Fsp3) is 0.619. The van der Waals surface area contributed by atoms with Gasteiger partial charge in [0.1, 0.15) is 5.66 Å². The molecule has 0 radical (unpaired) electrons. The molecule has 0 spiro atoms. The second-order valence-corrected chi connectivity index (χ2v) is 8.60. The minimum absolute atomic E-state index is 0.288. The van der Waals surface area contributed by atoms with Crippen molar-refractivity contribution in [3.8, 4) is 0 Å². The van der Waals surface area contributed by atoms with Crippen LogP contribution in [0, 0.1) is 0 Å². The highest BCUT2D eigenvalue weighted by molar-refractivity contribution is 7.55. The minimum atomic E-state index is -3.42. The van der Waals surface area contributed by atoms with Gasteiger partial charge in [0.25, 0.3) is 0 Å². The van der Waals surface area contributed by atoms with Crippen LogP contribution in [0.3, 0.4) is 0 Å². The van der Waals surface area contributed by atoms with Crippen LogP contribution in [0.5, 0.6) is 0 Å². The molecule has 1 rings (SSSR count). The zero-order chi connectivity index (χ0) is 19.3. The summed E-state index contributed by atoms with van der Waals surface area (Å²) in [4.78, 5) is 0. The third-order valence-corrected chi connectivity index (χ3v) is 6.75. The lowest BCUT2D eigenvalue weighted by Crippen LogP contribution is -2.26. The molecule has 0 unspecified atom stereocenters. The van der Waals surface area contributed by atoms with E-state index in [1.165, 1.54) is 19.3 Å². The van der Waals surface area contributed by atoms with E-state index in [1.807, 2.05) is 36.4 Å². The molecule has 148 valence electrons. The number of benzene rings is 1. The molecule has 4 nitrogen and oxygen atoms in total. The van der Waals surface area contributed by atoms with Gasteiger partial charge in [-0.15, -0.1) is 0 Å². The summed E-state index contributed by atoms with van der Waals surface area (Å²) < 4.78 is 24.3. The van der Waals surface area contributed by atoms with E-state index in [-0.39, 0.29) is 13.2 Å². The third-order valence-electron chi connectivity index (χ3n) is 4.27. The normalized spacial score (nSPS) is 14.6. The van der Waals surface area contributed by atoms with Gasteiger partial charge in [-0.1, -0.05) is 81.5 Å². The topological polar surface area (TPSA) is 55.8 Å². The molecule has 0 aromatic heterocycles. The number of rotatable bonds is 14. The van der Waals surface area contributed by atoms with Crippen molar-refractivity contribution in [3.05, 3.63) is 42.0 Å². The van der Waals surface area contributed by atoms with Gasteiger partial charge in [-0.05, 0) is 25.8 Å². The van der Waals surface area contributed by atoms with Crippen LogP contribution < -0.4 is 0 Å². The van der Waals surface area contributed by atoms with Gasteiger partial charge in [-0.25, -0.2) is 0 Å². The van der Waals surface area contributed by atoms with Gasteiger partial charge in [0, 0.05) is 0 Å². The van der Waals surface area contributed by atoms with Crippen molar-refractivity contribution in [1.29, 1.82) is 0 Å². The molecule has 0 aliphatic rings. The van der Waals surface area contributed by atoms with Crippen LogP contribution >= 0.6 is 7.60 Å². The van der Waals surface area contributed by atoms with Crippen LogP contribution in [0.15, 0.2) is 36.4 Å². The van der Waals surface area contributed by atoms with Crippen molar-refractivity contribution in [2.45, 2.75) is 71.1 Å². The fourth-order valence-corrected chi connectivity index (χ4v) is 4.92. The summed E-state index contributed by atoms with van der Waals surface area (Å²) in [7, 11) is -3.42. The summed E-state index contributed by atoms with van der Waals surface area (Å²) in [5.41, 5.74) is 0.334. The molecule has 0 aliphatic carbocycles. The van der Waals surface area contributed by atoms with E-state index < -0.39 is 19.4 Å². The van der Waals surface area contributed by atoms with Crippen molar-refractivity contribution in [1.82, 2.24) is 0 Å². The summed E-state index contributed by atoms with van der Waals surface area (Å²) >= 11 is 0. The monoisotopic (exact) mass is 382 g/mol. The molecular formula is C21H35O4P. The Kier molecular flexibility index (Phi) is 11.8. The average Bonchev–Trinajstić information content (AvgIpc) is 2.63. The van der Waals surface area contributed by atoms with E-state index in [2.05, 4.69) is 6.92 Å². The first-order valence-corrected chi connectivity index (χ1v) is 11.5. The van der Waals surface area contributed by atoms with E-state index >= 15 is 0 Å². The highest BCUT2D eigenvalue weighted by atomic mass is 31.2. The first-order valence-electron chi connectivity index (χ1n) is 9.87. The van der Waals surface area contributed by atoms with Crippen LogP contribution in [-0.2, 0) is 13.6 Å². The maximum atomic E-state index is 13.3. The molecule has 5 heteroatoms. The second-order valence-electron chi connectivity index (χ2n) is 6.41. The van der Waals surface area contributed by atoms with Crippen LogP contribution in [0.25, 0.3) is 6.08 Å². The Bertz CT molecular complexity index is 534. The van der Waals surface area contributed by atoms with E-state index in [4.69, 9.17) is 9.05 Å². The lowest BCUT2D eigenvalue weighted by atomic mass is 10.1. The van der Waals surface area contributed by atoms with Gasteiger partial charge in [0.15, 0.2) is 0 Å². The van der Waals surface area contributed by atoms with E-state index in [0.717, 1.165) is 18.4 Å². The molecule has 1 N–H and O–H groups in total. The van der Waals surface area contributed by atoms with Crippen LogP contribution in [0.2, 0.25) is 0 Å². The van der Waals surface area contributed by atoms with Gasteiger partial charge in [-0.2, -0.15) is 0 Å². The molecule has 0 heterocycles. The second kappa shape index (κ2) is 13.3. The molecule has 0 amide bonds. The maximum Gasteiger partial charge on any atom is 0.340 e. The molecular weight excluding hydrogens is 347 g/mol. The zero-order valence-electron chi connectivity index (χ0n) is 16.5. The quantitative estimate of drug-likeness (QED) is 0.314. The third kappa shape index (κ3) is 8.18. The van der Waals surface area contributed by atoms with Crippen LogP contribution in [-0.4, -0.2) is 30.1 Å². The SMILES string of the molecule is CCCCCCC[C@H](O)[C@H](/C=C/c1ccccc1)P(=O)(OCC)OCC. The van der Waals surface area contributed by atoms with Crippen molar-refractivity contribution >= 4 is 13.7 Å². The van der Waals surface area contributed by atoms with E-state index in [0.29, 0.717) is 6.42 Å². The summed E-state index contributed by atoms with van der Waals surface area (Å²) in [6, 6.07) is 9.78. The van der Waals surface area contributed by atoms with Crippen molar-refractivity contribution < 1.29 is 18.7 Å². The average molecular weight is 382 g/mol. The Hall–Kier alpha value is -0.930. The smallest absolute Gasteiger partial charge is 0.340 e.